The molecule has 2 nitrogen and oxygen atoms in total. The number of fused-ring (bicyclic) bond motifs is 1. The van der Waals surface area contributed by atoms with Crippen molar-refractivity contribution in [1.29, 1.82) is 0 Å². The summed E-state index contributed by atoms with van der Waals surface area (Å²) in [4.78, 5) is 21.7. The second-order valence-electron chi connectivity index (χ2n) is 3.94. The zero-order valence-electron chi connectivity index (χ0n) is 7.67. The summed E-state index contributed by atoms with van der Waals surface area (Å²) in [5, 5.41) is 0. The smallest absolute Gasteiger partial charge is 0.166 e. The fraction of sp³-hybridized carbons (Fsp3) is 0.455. The normalized spacial score (nSPS) is 35.0. The standard InChI is InChI=1S/C11H12O2/c1-11-5-2-3-8(4-6-12)9(11)7-10(11)13/h4,6-7H,2-3,5H2,1H3/b8-4-. The molecule has 0 aromatic carbocycles. The van der Waals surface area contributed by atoms with E-state index in [2.05, 4.69) is 0 Å². The summed E-state index contributed by atoms with van der Waals surface area (Å²) in [5.41, 5.74) is 1.90. The molecule has 68 valence electrons. The number of allylic oxidation sites excluding steroid dienone is 4. The Bertz CT molecular complexity index is 336. The van der Waals surface area contributed by atoms with Crippen LogP contribution in [0, 0.1) is 5.41 Å². The Morgan fingerprint density at radius 3 is 2.92 bits per heavy atom. The van der Waals surface area contributed by atoms with Gasteiger partial charge in [-0.25, -0.2) is 0 Å². The van der Waals surface area contributed by atoms with Crippen molar-refractivity contribution in [3.8, 4) is 0 Å². The van der Waals surface area contributed by atoms with Crippen molar-refractivity contribution >= 4 is 12.1 Å². The van der Waals surface area contributed by atoms with Crippen LogP contribution >= 0.6 is 0 Å². The van der Waals surface area contributed by atoms with E-state index in [0.717, 1.165) is 36.7 Å². The van der Waals surface area contributed by atoms with Gasteiger partial charge in [0.1, 0.15) is 6.29 Å². The van der Waals surface area contributed by atoms with Crippen molar-refractivity contribution < 1.29 is 9.59 Å². The van der Waals surface area contributed by atoms with Crippen LogP contribution in [0.3, 0.4) is 0 Å². The van der Waals surface area contributed by atoms with Gasteiger partial charge in [-0.1, -0.05) is 0 Å². The van der Waals surface area contributed by atoms with Crippen molar-refractivity contribution in [2.75, 3.05) is 0 Å². The molecule has 0 N–H and O–H groups in total. The molecule has 1 saturated carbocycles. The number of hydrogen-bond acceptors (Lipinski definition) is 2. The molecule has 1 unspecified atom stereocenters. The number of hydrogen-bond donors (Lipinski definition) is 0. The van der Waals surface area contributed by atoms with Gasteiger partial charge in [-0.2, -0.15) is 0 Å². The Kier molecular flexibility index (Phi) is 1.72. The third kappa shape index (κ3) is 1.01. The van der Waals surface area contributed by atoms with Gasteiger partial charge < -0.3 is 0 Å². The van der Waals surface area contributed by atoms with Gasteiger partial charge in [0.15, 0.2) is 5.78 Å². The highest BCUT2D eigenvalue weighted by molar-refractivity contribution is 6.06. The molecule has 1 fully saturated rings. The van der Waals surface area contributed by atoms with Gasteiger partial charge in [-0.05, 0) is 49.5 Å². The Morgan fingerprint density at radius 2 is 2.31 bits per heavy atom. The molecule has 0 spiro atoms. The number of carbonyl (C=O) groups is 2. The molecule has 2 aliphatic rings. The van der Waals surface area contributed by atoms with E-state index in [1.807, 2.05) is 6.92 Å². The Morgan fingerprint density at radius 1 is 1.54 bits per heavy atom. The van der Waals surface area contributed by atoms with Crippen LogP contribution in [-0.4, -0.2) is 12.1 Å². The summed E-state index contributed by atoms with van der Waals surface area (Å²) in [6.45, 7) is 1.97. The lowest BCUT2D eigenvalue weighted by molar-refractivity contribution is -0.124. The van der Waals surface area contributed by atoms with E-state index in [1.54, 1.807) is 12.2 Å². The van der Waals surface area contributed by atoms with Crippen molar-refractivity contribution in [3.05, 3.63) is 23.3 Å². The summed E-state index contributed by atoms with van der Waals surface area (Å²) < 4.78 is 0. The maximum atomic E-state index is 11.3. The number of ketones is 1. The van der Waals surface area contributed by atoms with E-state index in [-0.39, 0.29) is 11.2 Å². The van der Waals surface area contributed by atoms with Gasteiger partial charge in [-0.3, -0.25) is 9.59 Å². The summed E-state index contributed by atoms with van der Waals surface area (Å²) >= 11 is 0. The molecule has 2 heteroatoms. The van der Waals surface area contributed by atoms with Crippen LogP contribution in [0.15, 0.2) is 23.3 Å². The average molecular weight is 176 g/mol. The molecule has 2 aliphatic carbocycles. The molecular formula is C11H12O2. The van der Waals surface area contributed by atoms with E-state index < -0.39 is 0 Å². The lowest BCUT2D eigenvalue weighted by atomic mass is 9.60. The van der Waals surface area contributed by atoms with Gasteiger partial charge in [0.2, 0.25) is 0 Å². The topological polar surface area (TPSA) is 34.1 Å². The fourth-order valence-corrected chi connectivity index (χ4v) is 2.23. The van der Waals surface area contributed by atoms with Crippen LogP contribution in [0.4, 0.5) is 0 Å². The second-order valence-corrected chi connectivity index (χ2v) is 3.94. The highest BCUT2D eigenvalue weighted by Gasteiger charge is 2.46. The van der Waals surface area contributed by atoms with Crippen molar-refractivity contribution in [3.63, 3.8) is 0 Å². The molecular weight excluding hydrogens is 164 g/mol. The molecule has 2 rings (SSSR count). The lowest BCUT2D eigenvalue weighted by Gasteiger charge is -2.42. The summed E-state index contributed by atoms with van der Waals surface area (Å²) in [5.74, 6) is 0.221. The largest absolute Gasteiger partial charge is 0.299 e. The van der Waals surface area contributed by atoms with E-state index >= 15 is 0 Å². The predicted molar refractivity (Wildman–Crippen MR) is 49.2 cm³/mol. The van der Waals surface area contributed by atoms with Crippen molar-refractivity contribution in [2.45, 2.75) is 26.2 Å². The maximum absolute atomic E-state index is 11.3. The first-order chi connectivity index (χ1) is 6.18. The first-order valence-corrected chi connectivity index (χ1v) is 4.60. The molecule has 0 amide bonds. The Hall–Kier alpha value is -1.18. The molecule has 0 saturated heterocycles. The first kappa shape index (κ1) is 8.42. The third-order valence-corrected chi connectivity index (χ3v) is 3.15. The SMILES string of the molecule is CC12CCC/C(=C/C=O)C1=CC2=O. The van der Waals surface area contributed by atoms with Crippen LogP contribution in [-0.2, 0) is 9.59 Å². The molecule has 0 aromatic heterocycles. The minimum atomic E-state index is -0.257. The molecule has 0 aliphatic heterocycles. The lowest BCUT2D eigenvalue weighted by Crippen LogP contribution is -2.40. The summed E-state index contributed by atoms with van der Waals surface area (Å²) in [6.07, 6.45) is 6.97. The van der Waals surface area contributed by atoms with E-state index in [0.29, 0.717) is 0 Å². The Labute approximate surface area is 77.3 Å². The molecule has 13 heavy (non-hydrogen) atoms. The van der Waals surface area contributed by atoms with E-state index in [1.165, 1.54) is 0 Å². The number of aldehydes is 1. The van der Waals surface area contributed by atoms with Gasteiger partial charge in [0.05, 0.1) is 5.41 Å². The predicted octanol–water partition coefficient (Wildman–Crippen LogP) is 1.81. The molecule has 0 bridgehead atoms. The second kappa shape index (κ2) is 2.66. The van der Waals surface area contributed by atoms with Crippen LogP contribution in [0.1, 0.15) is 26.2 Å². The van der Waals surface area contributed by atoms with Crippen molar-refractivity contribution in [1.82, 2.24) is 0 Å². The van der Waals surface area contributed by atoms with Crippen molar-refractivity contribution in [2.24, 2.45) is 5.41 Å². The average Bonchev–Trinajstić information content (AvgIpc) is 2.11. The van der Waals surface area contributed by atoms with Crippen LogP contribution in [0.25, 0.3) is 0 Å². The molecule has 0 aromatic rings. The monoisotopic (exact) mass is 176 g/mol. The number of carbonyl (C=O) groups excluding carboxylic acids is 2. The van der Waals surface area contributed by atoms with E-state index in [4.69, 9.17) is 0 Å². The zero-order chi connectivity index (χ0) is 9.47. The van der Waals surface area contributed by atoms with Crippen LogP contribution < -0.4 is 0 Å². The highest BCUT2D eigenvalue weighted by atomic mass is 16.1. The molecule has 1 atom stereocenters. The van der Waals surface area contributed by atoms with Gasteiger partial charge in [-0.15, -0.1) is 0 Å². The van der Waals surface area contributed by atoms with E-state index in [9.17, 15) is 9.59 Å². The highest BCUT2D eigenvalue weighted by Crippen LogP contribution is 2.50. The maximum Gasteiger partial charge on any atom is 0.166 e. The Balaban J connectivity index is 2.38. The summed E-state index contributed by atoms with van der Waals surface area (Å²) in [6, 6.07) is 0. The molecule has 0 heterocycles. The number of rotatable bonds is 1. The molecule has 0 radical (unpaired) electrons. The summed E-state index contributed by atoms with van der Waals surface area (Å²) in [7, 11) is 0. The quantitative estimate of drug-likeness (QED) is 0.451. The van der Waals surface area contributed by atoms with Crippen LogP contribution in [0.5, 0.6) is 0 Å². The minimum absolute atomic E-state index is 0.221. The van der Waals surface area contributed by atoms with Gasteiger partial charge >= 0.3 is 0 Å². The van der Waals surface area contributed by atoms with Gasteiger partial charge in [0.25, 0.3) is 0 Å². The minimum Gasteiger partial charge on any atom is -0.299 e. The zero-order valence-corrected chi connectivity index (χ0v) is 7.67. The first-order valence-electron chi connectivity index (χ1n) is 4.60. The van der Waals surface area contributed by atoms with Gasteiger partial charge in [0, 0.05) is 0 Å². The fourth-order valence-electron chi connectivity index (χ4n) is 2.23. The third-order valence-electron chi connectivity index (χ3n) is 3.15. The van der Waals surface area contributed by atoms with Crippen LogP contribution in [0.2, 0.25) is 0 Å².